The second-order valence-corrected chi connectivity index (χ2v) is 6.14. The molecule has 1 heterocycles. The summed E-state index contributed by atoms with van der Waals surface area (Å²) in [5, 5.41) is 0. The summed E-state index contributed by atoms with van der Waals surface area (Å²) >= 11 is 0. The molecule has 0 saturated heterocycles. The average molecular weight is 294 g/mol. The maximum atomic E-state index is 5.98. The molecule has 1 aliphatic carbocycles. The van der Waals surface area contributed by atoms with Crippen LogP contribution in [0.4, 0.5) is 0 Å². The molecule has 0 bridgehead atoms. The van der Waals surface area contributed by atoms with Gasteiger partial charge in [-0.05, 0) is 19.3 Å². The normalized spacial score (nSPS) is 20.1. The highest BCUT2D eigenvalue weighted by Gasteiger charge is 2.39. The van der Waals surface area contributed by atoms with Crippen LogP contribution in [0.15, 0.2) is 12.4 Å². The lowest BCUT2D eigenvalue weighted by atomic mass is 9.84. The van der Waals surface area contributed by atoms with Gasteiger partial charge >= 0.3 is 0 Å². The summed E-state index contributed by atoms with van der Waals surface area (Å²) in [6.07, 6.45) is 13.0. The minimum Gasteiger partial charge on any atom is -0.377 e. The van der Waals surface area contributed by atoms with Crippen LogP contribution in [0.2, 0.25) is 0 Å². The Hall–Kier alpha value is -0.910. The molecular formula is C16H30N4O. The first-order chi connectivity index (χ1) is 10.3. The first kappa shape index (κ1) is 16.5. The van der Waals surface area contributed by atoms with Crippen molar-refractivity contribution in [2.45, 2.75) is 76.5 Å². The first-order valence-corrected chi connectivity index (χ1v) is 8.27. The van der Waals surface area contributed by atoms with E-state index in [-0.39, 0.29) is 11.6 Å². The van der Waals surface area contributed by atoms with Crippen molar-refractivity contribution in [2.75, 3.05) is 7.11 Å². The van der Waals surface area contributed by atoms with Crippen molar-refractivity contribution in [3.8, 4) is 0 Å². The van der Waals surface area contributed by atoms with Crippen molar-refractivity contribution in [3.05, 3.63) is 18.2 Å². The number of imidazole rings is 1. The fourth-order valence-electron chi connectivity index (χ4n) is 3.58. The van der Waals surface area contributed by atoms with Gasteiger partial charge < -0.3 is 9.30 Å². The molecule has 1 aromatic heterocycles. The lowest BCUT2D eigenvalue weighted by molar-refractivity contribution is -0.0533. The van der Waals surface area contributed by atoms with Crippen molar-refractivity contribution in [3.63, 3.8) is 0 Å². The molecule has 1 aliphatic rings. The summed E-state index contributed by atoms with van der Waals surface area (Å²) in [5.74, 6) is 6.99. The van der Waals surface area contributed by atoms with E-state index in [1.807, 2.05) is 13.3 Å². The maximum absolute atomic E-state index is 5.98. The van der Waals surface area contributed by atoms with Crippen molar-refractivity contribution < 1.29 is 4.74 Å². The molecule has 5 nitrogen and oxygen atoms in total. The predicted molar refractivity (Wildman–Crippen MR) is 84.8 cm³/mol. The van der Waals surface area contributed by atoms with E-state index in [0.717, 1.165) is 38.1 Å². The minimum atomic E-state index is -0.158. The van der Waals surface area contributed by atoms with Gasteiger partial charge in [-0.2, -0.15) is 0 Å². The van der Waals surface area contributed by atoms with E-state index in [1.165, 1.54) is 25.7 Å². The standard InChI is InChI=1S/C16H30N4O/c1-3-11-20-12-10-18-15(20)13-14(19-17)16(21-2)8-6-4-5-7-9-16/h10,12,14,19H,3-9,11,13,17H2,1-2H3. The second-order valence-electron chi connectivity index (χ2n) is 6.14. The molecule has 0 aliphatic heterocycles. The molecular weight excluding hydrogens is 264 g/mol. The number of nitrogens with zero attached hydrogens (tertiary/aromatic N) is 2. The number of hydrazine groups is 1. The summed E-state index contributed by atoms with van der Waals surface area (Å²) < 4.78 is 8.21. The molecule has 1 aromatic rings. The molecule has 21 heavy (non-hydrogen) atoms. The molecule has 120 valence electrons. The SMILES string of the molecule is CCCn1ccnc1CC(NN)C1(OC)CCCCCC1. The minimum absolute atomic E-state index is 0.110. The zero-order valence-corrected chi connectivity index (χ0v) is 13.5. The summed E-state index contributed by atoms with van der Waals surface area (Å²) in [7, 11) is 1.83. The predicted octanol–water partition coefficient (Wildman–Crippen LogP) is 2.41. The van der Waals surface area contributed by atoms with Crippen LogP contribution in [0.3, 0.4) is 0 Å². The number of nitrogens with two attached hydrogens (primary N) is 1. The molecule has 0 radical (unpaired) electrons. The summed E-state index contributed by atoms with van der Waals surface area (Å²) in [5.41, 5.74) is 2.86. The molecule has 2 rings (SSSR count). The Labute approximate surface area is 128 Å². The van der Waals surface area contributed by atoms with E-state index in [4.69, 9.17) is 10.6 Å². The zero-order valence-electron chi connectivity index (χ0n) is 13.5. The highest BCUT2D eigenvalue weighted by Crippen LogP contribution is 2.34. The number of rotatable bonds is 7. The van der Waals surface area contributed by atoms with Crippen LogP contribution in [0.1, 0.15) is 57.7 Å². The third-order valence-electron chi connectivity index (χ3n) is 4.85. The molecule has 1 saturated carbocycles. The zero-order chi connectivity index (χ0) is 15.1. The Bertz CT molecular complexity index is 410. The van der Waals surface area contributed by atoms with Gasteiger partial charge in [-0.1, -0.05) is 32.6 Å². The van der Waals surface area contributed by atoms with Crippen LogP contribution < -0.4 is 11.3 Å². The fourth-order valence-corrected chi connectivity index (χ4v) is 3.58. The quantitative estimate of drug-likeness (QED) is 0.460. The number of aromatic nitrogens is 2. The number of aryl methyl sites for hydroxylation is 1. The van der Waals surface area contributed by atoms with Crippen LogP contribution in [-0.2, 0) is 17.7 Å². The summed E-state index contributed by atoms with van der Waals surface area (Å²) in [6, 6.07) is 0.110. The van der Waals surface area contributed by atoms with E-state index in [1.54, 1.807) is 0 Å². The Morgan fingerprint density at radius 3 is 2.67 bits per heavy atom. The highest BCUT2D eigenvalue weighted by molar-refractivity contribution is 5.02. The Kier molecular flexibility index (Phi) is 6.21. The van der Waals surface area contributed by atoms with Crippen LogP contribution in [0.5, 0.6) is 0 Å². The monoisotopic (exact) mass is 294 g/mol. The second kappa shape index (κ2) is 7.92. The Balaban J connectivity index is 2.14. The van der Waals surface area contributed by atoms with Gasteiger partial charge in [0.15, 0.2) is 0 Å². The third-order valence-corrected chi connectivity index (χ3v) is 4.85. The average Bonchev–Trinajstić information content (AvgIpc) is 2.80. The van der Waals surface area contributed by atoms with Crippen molar-refractivity contribution in [2.24, 2.45) is 5.84 Å². The Morgan fingerprint density at radius 2 is 2.10 bits per heavy atom. The van der Waals surface area contributed by atoms with Crippen molar-refractivity contribution in [1.29, 1.82) is 0 Å². The molecule has 1 fully saturated rings. The summed E-state index contributed by atoms with van der Waals surface area (Å²) in [4.78, 5) is 4.52. The molecule has 0 aromatic carbocycles. The topological polar surface area (TPSA) is 65.1 Å². The smallest absolute Gasteiger partial charge is 0.110 e. The van der Waals surface area contributed by atoms with Crippen molar-refractivity contribution >= 4 is 0 Å². The van der Waals surface area contributed by atoms with Gasteiger partial charge in [0, 0.05) is 32.5 Å². The van der Waals surface area contributed by atoms with Gasteiger partial charge in [0.05, 0.1) is 11.6 Å². The van der Waals surface area contributed by atoms with Gasteiger partial charge in [-0.3, -0.25) is 11.3 Å². The molecule has 0 amide bonds. The molecule has 3 N–H and O–H groups in total. The maximum Gasteiger partial charge on any atom is 0.110 e. The number of nitrogens with one attached hydrogen (secondary N) is 1. The van der Waals surface area contributed by atoms with E-state index >= 15 is 0 Å². The summed E-state index contributed by atoms with van der Waals surface area (Å²) in [6.45, 7) is 3.19. The van der Waals surface area contributed by atoms with Crippen LogP contribution in [0, 0.1) is 0 Å². The molecule has 1 atom stereocenters. The van der Waals surface area contributed by atoms with Crippen LogP contribution in [-0.4, -0.2) is 28.3 Å². The van der Waals surface area contributed by atoms with Gasteiger partial charge in [-0.15, -0.1) is 0 Å². The molecule has 0 spiro atoms. The number of methoxy groups -OCH3 is 1. The van der Waals surface area contributed by atoms with Crippen LogP contribution in [0.25, 0.3) is 0 Å². The molecule has 1 unspecified atom stereocenters. The van der Waals surface area contributed by atoms with Gasteiger partial charge in [-0.25, -0.2) is 4.98 Å². The van der Waals surface area contributed by atoms with Crippen molar-refractivity contribution in [1.82, 2.24) is 15.0 Å². The van der Waals surface area contributed by atoms with Gasteiger partial charge in [0.2, 0.25) is 0 Å². The Morgan fingerprint density at radius 1 is 1.38 bits per heavy atom. The first-order valence-electron chi connectivity index (χ1n) is 8.27. The van der Waals surface area contributed by atoms with E-state index in [0.29, 0.717) is 0 Å². The lowest BCUT2D eigenvalue weighted by Crippen LogP contribution is -2.55. The largest absolute Gasteiger partial charge is 0.377 e. The fraction of sp³-hybridized carbons (Fsp3) is 0.812. The number of hydrogen-bond donors (Lipinski definition) is 2. The van der Waals surface area contributed by atoms with Crippen LogP contribution >= 0.6 is 0 Å². The number of hydrogen-bond acceptors (Lipinski definition) is 4. The molecule has 5 heteroatoms. The van der Waals surface area contributed by atoms with Gasteiger partial charge in [0.25, 0.3) is 0 Å². The van der Waals surface area contributed by atoms with E-state index in [2.05, 4.69) is 28.1 Å². The highest BCUT2D eigenvalue weighted by atomic mass is 16.5. The lowest BCUT2D eigenvalue weighted by Gasteiger charge is -2.39. The number of ether oxygens (including phenoxy) is 1. The third kappa shape index (κ3) is 3.84. The van der Waals surface area contributed by atoms with E-state index < -0.39 is 0 Å². The van der Waals surface area contributed by atoms with Gasteiger partial charge in [0.1, 0.15) is 5.82 Å². The van der Waals surface area contributed by atoms with E-state index in [9.17, 15) is 0 Å².